The number of phosphoric ester groups is 1. The third kappa shape index (κ3) is 62.1. The number of hydrogen-bond acceptors (Lipinski definition) is 6. The number of rotatable bonds is 63. The second-order valence-corrected chi connectivity index (χ2v) is 26.1. The summed E-state index contributed by atoms with van der Waals surface area (Å²) in [5.41, 5.74) is 0. The van der Waals surface area contributed by atoms with E-state index in [0.29, 0.717) is 17.4 Å². The summed E-state index contributed by atoms with van der Waals surface area (Å²) in [5, 5.41) is 3.07. The van der Waals surface area contributed by atoms with E-state index in [4.69, 9.17) is 13.8 Å². The topological polar surface area (TPSA) is 111 Å². The third-order valence-electron chi connectivity index (χ3n) is 15.4. The van der Waals surface area contributed by atoms with Crippen LogP contribution in [0, 0.1) is 0 Å². The summed E-state index contributed by atoms with van der Waals surface area (Å²) in [5.74, 6) is -0.503. The largest absolute Gasteiger partial charge is 0.472 e. The van der Waals surface area contributed by atoms with E-state index in [1.165, 1.54) is 212 Å². The molecule has 0 aliphatic carbocycles. The fourth-order valence-electron chi connectivity index (χ4n) is 10.1. The van der Waals surface area contributed by atoms with Gasteiger partial charge in [-0.2, -0.15) is 0 Å². The molecular weight excluding hydrogens is 1020 g/mol. The molecule has 474 valence electrons. The second-order valence-electron chi connectivity index (χ2n) is 24.7. The first-order valence-electron chi connectivity index (χ1n) is 34.6. The summed E-state index contributed by atoms with van der Waals surface area (Å²) < 4.78 is 30.8. The maximum atomic E-state index is 13.6. The average Bonchev–Trinajstić information content (AvgIpc) is 3.43. The SMILES string of the molecule is CCCCC/C=C\C/C=C\CCCCCCCCCCCCCCCCCCCC(=O)NC(COP(=O)(O)OCC[N+](C)(C)C)C(/C=C\CCCCCCCCCCC)OC(=O)CCCCCCCCC/C=C\C/C=C\CCCCC. The van der Waals surface area contributed by atoms with E-state index < -0.39 is 20.0 Å². The zero-order valence-corrected chi connectivity index (χ0v) is 55.2. The molecule has 0 heterocycles. The first kappa shape index (κ1) is 78.7. The Morgan fingerprint density at radius 3 is 1.14 bits per heavy atom. The quantitative estimate of drug-likeness (QED) is 0.0205. The van der Waals surface area contributed by atoms with Crippen molar-refractivity contribution in [1.29, 1.82) is 0 Å². The molecule has 3 unspecified atom stereocenters. The van der Waals surface area contributed by atoms with E-state index in [9.17, 15) is 19.0 Å². The molecule has 10 heteroatoms. The molecule has 0 saturated carbocycles. The molecule has 0 aliphatic heterocycles. The number of likely N-dealkylation sites (N-methyl/N-ethyl adjacent to an activating group) is 1. The van der Waals surface area contributed by atoms with E-state index in [0.717, 1.165) is 83.5 Å². The van der Waals surface area contributed by atoms with E-state index >= 15 is 0 Å². The Morgan fingerprint density at radius 1 is 0.432 bits per heavy atom. The molecule has 0 aliphatic rings. The molecule has 0 rings (SSSR count). The second kappa shape index (κ2) is 60.8. The van der Waals surface area contributed by atoms with Gasteiger partial charge in [0.25, 0.3) is 0 Å². The van der Waals surface area contributed by atoms with Gasteiger partial charge in [0, 0.05) is 12.8 Å². The molecule has 0 aromatic rings. The number of quaternary nitrogens is 1. The Kier molecular flexibility index (Phi) is 59.1. The summed E-state index contributed by atoms with van der Waals surface area (Å²) in [6.07, 6.45) is 78.0. The van der Waals surface area contributed by atoms with Gasteiger partial charge in [-0.3, -0.25) is 18.6 Å². The highest BCUT2D eigenvalue weighted by Gasteiger charge is 2.30. The van der Waals surface area contributed by atoms with Gasteiger partial charge in [0.15, 0.2) is 0 Å². The van der Waals surface area contributed by atoms with Crippen LogP contribution >= 0.6 is 7.82 Å². The number of ether oxygens (including phenoxy) is 1. The third-order valence-corrected chi connectivity index (χ3v) is 16.4. The molecule has 3 atom stereocenters. The lowest BCUT2D eigenvalue weighted by molar-refractivity contribution is -0.870. The van der Waals surface area contributed by atoms with Crippen LogP contribution in [0.3, 0.4) is 0 Å². The molecule has 2 N–H and O–H groups in total. The molecule has 0 fully saturated rings. The number of amides is 1. The van der Waals surface area contributed by atoms with E-state index in [2.05, 4.69) is 74.7 Å². The zero-order chi connectivity index (χ0) is 59.3. The highest BCUT2D eigenvalue weighted by molar-refractivity contribution is 7.47. The van der Waals surface area contributed by atoms with Crippen molar-refractivity contribution in [2.75, 3.05) is 40.9 Å². The molecule has 0 bridgehead atoms. The maximum Gasteiger partial charge on any atom is 0.472 e. The van der Waals surface area contributed by atoms with Gasteiger partial charge in [0.05, 0.1) is 33.8 Å². The molecule has 0 aromatic heterocycles. The van der Waals surface area contributed by atoms with Gasteiger partial charge in [-0.15, -0.1) is 0 Å². The summed E-state index contributed by atoms with van der Waals surface area (Å²) in [6.45, 7) is 6.99. The number of carbonyl (C=O) groups excluding carboxylic acids is 2. The van der Waals surface area contributed by atoms with Gasteiger partial charge in [-0.05, 0) is 96.0 Å². The standard InChI is InChI=1S/C71H133N2O7P/c1-7-10-13-16-19-22-25-27-29-31-32-33-34-35-36-37-38-39-40-42-43-45-48-51-54-57-60-63-70(74)72-68(67-79-81(76,77)78-66-65-73(4,5)6)69(62-59-56-53-50-47-24-21-18-15-12-9-3)80-71(75)64-61-58-55-52-49-46-44-41-30-28-26-23-20-17-14-11-8-2/h19-20,22-23,27-30,59,62,68-69H,7-18,21,24-26,31-58,60-61,63-67H2,1-6H3,(H-,72,74,76,77)/p+1/b22-19-,23-20-,29-27-,30-28-,62-59-. The van der Waals surface area contributed by atoms with Gasteiger partial charge in [0.2, 0.25) is 5.91 Å². The predicted octanol–water partition coefficient (Wildman–Crippen LogP) is 21.8. The number of unbranched alkanes of at least 4 members (excludes halogenated alkanes) is 39. The van der Waals surface area contributed by atoms with Crippen LogP contribution in [0.15, 0.2) is 60.8 Å². The number of nitrogens with one attached hydrogen (secondary N) is 1. The Balaban J connectivity index is 4.98. The molecule has 0 saturated heterocycles. The van der Waals surface area contributed by atoms with Crippen molar-refractivity contribution in [3.8, 4) is 0 Å². The fraction of sp³-hybridized carbons (Fsp3) is 0.831. The Morgan fingerprint density at radius 2 is 0.753 bits per heavy atom. The minimum absolute atomic E-state index is 0.0391. The van der Waals surface area contributed by atoms with Gasteiger partial charge in [-0.1, -0.05) is 281 Å². The molecule has 9 nitrogen and oxygen atoms in total. The summed E-state index contributed by atoms with van der Waals surface area (Å²) >= 11 is 0. The molecule has 1 amide bonds. The van der Waals surface area contributed by atoms with Gasteiger partial charge in [-0.25, -0.2) is 4.57 Å². The van der Waals surface area contributed by atoms with Crippen LogP contribution in [0.1, 0.15) is 329 Å². The van der Waals surface area contributed by atoms with Gasteiger partial charge < -0.3 is 19.4 Å². The average molecular weight is 1160 g/mol. The van der Waals surface area contributed by atoms with Crippen molar-refractivity contribution in [2.24, 2.45) is 0 Å². The Bertz CT molecular complexity index is 1570. The van der Waals surface area contributed by atoms with Crippen molar-refractivity contribution in [1.82, 2.24) is 5.32 Å². The van der Waals surface area contributed by atoms with E-state index in [1.54, 1.807) is 0 Å². The van der Waals surface area contributed by atoms with Crippen LogP contribution in [0.25, 0.3) is 0 Å². The van der Waals surface area contributed by atoms with Crippen molar-refractivity contribution >= 4 is 19.7 Å². The lowest BCUT2D eigenvalue weighted by Crippen LogP contribution is -2.47. The lowest BCUT2D eigenvalue weighted by Gasteiger charge is -2.27. The van der Waals surface area contributed by atoms with Crippen LogP contribution in [0.5, 0.6) is 0 Å². The first-order chi connectivity index (χ1) is 39.4. The van der Waals surface area contributed by atoms with Crippen LogP contribution in [0.4, 0.5) is 0 Å². The lowest BCUT2D eigenvalue weighted by atomic mass is 10.0. The predicted molar refractivity (Wildman–Crippen MR) is 351 cm³/mol. The fourth-order valence-corrected chi connectivity index (χ4v) is 10.8. The van der Waals surface area contributed by atoms with Crippen LogP contribution in [-0.4, -0.2) is 74.3 Å². The van der Waals surface area contributed by atoms with Crippen LogP contribution < -0.4 is 5.32 Å². The van der Waals surface area contributed by atoms with Crippen LogP contribution in [0.2, 0.25) is 0 Å². The van der Waals surface area contributed by atoms with E-state index in [1.807, 2.05) is 33.3 Å². The molecule has 0 aromatic carbocycles. The van der Waals surface area contributed by atoms with Crippen molar-refractivity contribution in [3.05, 3.63) is 60.8 Å². The zero-order valence-electron chi connectivity index (χ0n) is 54.3. The number of phosphoric acid groups is 1. The highest BCUT2D eigenvalue weighted by atomic mass is 31.2. The summed E-state index contributed by atoms with van der Waals surface area (Å²) in [7, 11) is 1.50. The van der Waals surface area contributed by atoms with Gasteiger partial charge in [0.1, 0.15) is 19.3 Å². The minimum atomic E-state index is -4.45. The normalized spacial score (nSPS) is 13.9. The maximum absolute atomic E-state index is 13.6. The van der Waals surface area contributed by atoms with Crippen molar-refractivity contribution < 1.29 is 37.3 Å². The Hall–Kier alpha value is -2.29. The van der Waals surface area contributed by atoms with E-state index in [-0.39, 0.29) is 31.5 Å². The minimum Gasteiger partial charge on any atom is -0.456 e. The number of hydrogen-bond donors (Lipinski definition) is 2. The molecule has 0 radical (unpaired) electrons. The number of allylic oxidation sites excluding steroid dienone is 9. The Labute approximate surface area is 502 Å². The monoisotopic (exact) mass is 1160 g/mol. The highest BCUT2D eigenvalue weighted by Crippen LogP contribution is 2.43. The molecular formula is C71H134N2O7P+. The van der Waals surface area contributed by atoms with Crippen molar-refractivity contribution in [2.45, 2.75) is 341 Å². The van der Waals surface area contributed by atoms with Crippen LogP contribution in [-0.2, 0) is 27.9 Å². The molecule has 81 heavy (non-hydrogen) atoms. The summed E-state index contributed by atoms with van der Waals surface area (Å²) in [6, 6.07) is -0.851. The van der Waals surface area contributed by atoms with Crippen molar-refractivity contribution in [3.63, 3.8) is 0 Å². The number of carbonyl (C=O) groups is 2. The number of esters is 1. The smallest absolute Gasteiger partial charge is 0.456 e. The molecule has 0 spiro atoms. The van der Waals surface area contributed by atoms with Gasteiger partial charge >= 0.3 is 13.8 Å². The first-order valence-corrected chi connectivity index (χ1v) is 36.1. The summed E-state index contributed by atoms with van der Waals surface area (Å²) in [4.78, 5) is 37.8. The number of nitrogens with zero attached hydrogens (tertiary/aromatic N) is 1.